The summed E-state index contributed by atoms with van der Waals surface area (Å²) in [4.78, 5) is 21.6. The molecule has 0 bridgehead atoms. The lowest BCUT2D eigenvalue weighted by Crippen LogP contribution is -2.51. The van der Waals surface area contributed by atoms with Crippen LogP contribution in [0, 0.1) is 0 Å². The summed E-state index contributed by atoms with van der Waals surface area (Å²) in [7, 11) is 3.46. The van der Waals surface area contributed by atoms with Crippen LogP contribution in [0.5, 0.6) is 5.88 Å². The van der Waals surface area contributed by atoms with Gasteiger partial charge in [0.25, 0.3) is 5.91 Å². The maximum absolute atomic E-state index is 13.0. The Bertz CT molecular complexity index is 798. The summed E-state index contributed by atoms with van der Waals surface area (Å²) in [6, 6.07) is 13.1. The standard InChI is InChI=1S/C22H27N3O2/c1-24(22(26)20-10-5-11-23-21(20)27-2)18-9-6-12-25(15-18)19-13-16-7-3-4-8-17(16)14-19/h3-5,7-8,10-11,18-19H,6,9,12-15H2,1-2H3. The number of hydrogen-bond acceptors (Lipinski definition) is 4. The minimum Gasteiger partial charge on any atom is -0.480 e. The molecule has 2 aliphatic rings. The molecule has 1 fully saturated rings. The highest BCUT2D eigenvalue weighted by molar-refractivity contribution is 5.96. The minimum atomic E-state index is -0.0125. The first-order valence-corrected chi connectivity index (χ1v) is 9.74. The number of ether oxygens (including phenoxy) is 1. The van der Waals surface area contributed by atoms with Crippen molar-refractivity contribution in [2.24, 2.45) is 0 Å². The Hall–Kier alpha value is -2.40. The minimum absolute atomic E-state index is 0.0125. The lowest BCUT2D eigenvalue weighted by atomic mass is 10.0. The lowest BCUT2D eigenvalue weighted by Gasteiger charge is -2.40. The molecule has 142 valence electrons. The molecule has 5 nitrogen and oxygen atoms in total. The third-order valence-corrected chi connectivity index (χ3v) is 6.04. The molecule has 1 saturated heterocycles. The first-order chi connectivity index (χ1) is 13.2. The van der Waals surface area contributed by atoms with Gasteiger partial charge in [-0.2, -0.15) is 0 Å². The normalized spacial score (nSPS) is 20.3. The first kappa shape index (κ1) is 18.0. The quantitative estimate of drug-likeness (QED) is 0.836. The van der Waals surface area contributed by atoms with Crippen LogP contribution >= 0.6 is 0 Å². The molecule has 0 spiro atoms. The monoisotopic (exact) mass is 365 g/mol. The van der Waals surface area contributed by atoms with E-state index in [2.05, 4.69) is 34.1 Å². The molecule has 4 rings (SSSR count). The molecule has 0 radical (unpaired) electrons. The molecule has 1 aliphatic carbocycles. The summed E-state index contributed by atoms with van der Waals surface area (Å²) in [6.45, 7) is 2.05. The van der Waals surface area contributed by atoms with Gasteiger partial charge in [0.05, 0.1) is 7.11 Å². The second-order valence-corrected chi connectivity index (χ2v) is 7.60. The summed E-state index contributed by atoms with van der Waals surface area (Å²) in [5.74, 6) is 0.384. The smallest absolute Gasteiger partial charge is 0.259 e. The third-order valence-electron chi connectivity index (χ3n) is 6.04. The van der Waals surface area contributed by atoms with Gasteiger partial charge in [0.1, 0.15) is 5.56 Å². The Morgan fingerprint density at radius 2 is 1.93 bits per heavy atom. The van der Waals surface area contributed by atoms with E-state index < -0.39 is 0 Å². The maximum atomic E-state index is 13.0. The zero-order valence-electron chi connectivity index (χ0n) is 16.1. The van der Waals surface area contributed by atoms with Crippen LogP contribution in [0.4, 0.5) is 0 Å². The number of nitrogens with zero attached hydrogens (tertiary/aromatic N) is 3. The second-order valence-electron chi connectivity index (χ2n) is 7.60. The number of benzene rings is 1. The van der Waals surface area contributed by atoms with E-state index in [1.54, 1.807) is 25.4 Å². The largest absolute Gasteiger partial charge is 0.480 e. The van der Waals surface area contributed by atoms with Crippen LogP contribution in [0.15, 0.2) is 42.6 Å². The molecule has 1 unspecified atom stereocenters. The number of likely N-dealkylation sites (N-methyl/N-ethyl adjacent to an activating group) is 1. The highest BCUT2D eigenvalue weighted by Gasteiger charge is 2.33. The molecule has 1 aliphatic heterocycles. The Labute approximate surface area is 161 Å². The maximum Gasteiger partial charge on any atom is 0.259 e. The summed E-state index contributed by atoms with van der Waals surface area (Å²) in [5.41, 5.74) is 3.50. The topological polar surface area (TPSA) is 45.7 Å². The Morgan fingerprint density at radius 1 is 1.19 bits per heavy atom. The second kappa shape index (κ2) is 7.69. The van der Waals surface area contributed by atoms with Crippen molar-refractivity contribution in [3.8, 4) is 5.88 Å². The number of aromatic nitrogens is 1. The molecule has 2 heterocycles. The van der Waals surface area contributed by atoms with Gasteiger partial charge in [-0.25, -0.2) is 4.98 Å². The van der Waals surface area contributed by atoms with E-state index in [1.165, 1.54) is 11.1 Å². The van der Waals surface area contributed by atoms with E-state index in [4.69, 9.17) is 4.74 Å². The fourth-order valence-corrected chi connectivity index (χ4v) is 4.50. The van der Waals surface area contributed by atoms with Crippen molar-refractivity contribution in [1.29, 1.82) is 0 Å². The van der Waals surface area contributed by atoms with Gasteiger partial charge in [-0.15, -0.1) is 0 Å². The summed E-state index contributed by atoms with van der Waals surface area (Å²) in [5, 5.41) is 0. The molecule has 0 N–H and O–H groups in total. The molecule has 1 aromatic heterocycles. The van der Waals surface area contributed by atoms with E-state index in [1.807, 2.05) is 11.9 Å². The highest BCUT2D eigenvalue weighted by atomic mass is 16.5. The summed E-state index contributed by atoms with van der Waals surface area (Å²) >= 11 is 0. The van der Waals surface area contributed by atoms with Crippen molar-refractivity contribution < 1.29 is 9.53 Å². The van der Waals surface area contributed by atoms with Gasteiger partial charge in [0.2, 0.25) is 5.88 Å². The molecule has 0 saturated carbocycles. The number of carbonyl (C=O) groups is 1. The number of fused-ring (bicyclic) bond motifs is 1. The third kappa shape index (κ3) is 3.56. The van der Waals surface area contributed by atoms with Gasteiger partial charge < -0.3 is 9.64 Å². The zero-order chi connectivity index (χ0) is 18.8. The summed E-state index contributed by atoms with van der Waals surface area (Å²) in [6.07, 6.45) is 6.06. The van der Waals surface area contributed by atoms with Gasteiger partial charge in [-0.05, 0) is 55.5 Å². The molecule has 2 aromatic rings. The molecule has 1 amide bonds. The zero-order valence-corrected chi connectivity index (χ0v) is 16.1. The van der Waals surface area contributed by atoms with E-state index in [0.29, 0.717) is 17.5 Å². The Kier molecular flexibility index (Phi) is 5.12. The number of hydrogen-bond donors (Lipinski definition) is 0. The number of piperidine rings is 1. The average Bonchev–Trinajstić information content (AvgIpc) is 3.17. The predicted octanol–water partition coefficient (Wildman–Crippen LogP) is 2.79. The van der Waals surface area contributed by atoms with Gasteiger partial charge in [-0.1, -0.05) is 24.3 Å². The van der Waals surface area contributed by atoms with Gasteiger partial charge >= 0.3 is 0 Å². The van der Waals surface area contributed by atoms with Crippen LogP contribution in [0.1, 0.15) is 34.3 Å². The van der Waals surface area contributed by atoms with Crippen LogP contribution in [0.25, 0.3) is 0 Å². The van der Waals surface area contributed by atoms with Crippen LogP contribution in [-0.4, -0.2) is 60.0 Å². The first-order valence-electron chi connectivity index (χ1n) is 9.74. The number of pyridine rings is 1. The molecular formula is C22H27N3O2. The van der Waals surface area contributed by atoms with Gasteiger partial charge in [0.15, 0.2) is 0 Å². The molecule has 1 aromatic carbocycles. The predicted molar refractivity (Wildman–Crippen MR) is 105 cm³/mol. The number of rotatable bonds is 4. The Morgan fingerprint density at radius 3 is 2.63 bits per heavy atom. The van der Waals surface area contributed by atoms with Crippen LogP contribution in [0.3, 0.4) is 0 Å². The number of methoxy groups -OCH3 is 1. The van der Waals surface area contributed by atoms with E-state index >= 15 is 0 Å². The molecule has 5 heteroatoms. The van der Waals surface area contributed by atoms with Crippen molar-refractivity contribution in [2.45, 2.75) is 37.8 Å². The van der Waals surface area contributed by atoms with Crippen LogP contribution < -0.4 is 4.74 Å². The summed E-state index contributed by atoms with van der Waals surface area (Å²) < 4.78 is 5.27. The SMILES string of the molecule is COc1ncccc1C(=O)N(C)C1CCCN(C2Cc3ccccc3C2)C1. The Balaban J connectivity index is 1.44. The molecule has 1 atom stereocenters. The highest BCUT2D eigenvalue weighted by Crippen LogP contribution is 2.29. The number of likely N-dealkylation sites (tertiary alicyclic amines) is 1. The van der Waals surface area contributed by atoms with Crippen molar-refractivity contribution >= 4 is 5.91 Å². The average molecular weight is 365 g/mol. The molecular weight excluding hydrogens is 338 g/mol. The number of carbonyl (C=O) groups excluding carboxylic acids is 1. The fourth-order valence-electron chi connectivity index (χ4n) is 4.50. The van der Waals surface area contributed by atoms with Crippen molar-refractivity contribution in [3.05, 3.63) is 59.3 Å². The van der Waals surface area contributed by atoms with E-state index in [-0.39, 0.29) is 11.9 Å². The number of amides is 1. The lowest BCUT2D eigenvalue weighted by molar-refractivity contribution is 0.0552. The van der Waals surface area contributed by atoms with Crippen LogP contribution in [0.2, 0.25) is 0 Å². The fraction of sp³-hybridized carbons (Fsp3) is 0.455. The van der Waals surface area contributed by atoms with E-state index in [0.717, 1.165) is 38.8 Å². The van der Waals surface area contributed by atoms with E-state index in [9.17, 15) is 4.79 Å². The molecule has 27 heavy (non-hydrogen) atoms. The van der Waals surface area contributed by atoms with Crippen LogP contribution in [-0.2, 0) is 12.8 Å². The van der Waals surface area contributed by atoms with Gasteiger partial charge in [0, 0.05) is 31.9 Å². The van der Waals surface area contributed by atoms with Crippen molar-refractivity contribution in [2.75, 3.05) is 27.2 Å². The van der Waals surface area contributed by atoms with Gasteiger partial charge in [-0.3, -0.25) is 9.69 Å². The van der Waals surface area contributed by atoms with Crippen molar-refractivity contribution in [3.63, 3.8) is 0 Å². The van der Waals surface area contributed by atoms with Crippen molar-refractivity contribution in [1.82, 2.24) is 14.8 Å².